The lowest BCUT2D eigenvalue weighted by molar-refractivity contribution is 0.0946. The molecule has 4 heteroatoms. The van der Waals surface area contributed by atoms with Crippen LogP contribution in [0.2, 0.25) is 0 Å². The SMILES string of the molecule is Cc1[nH]c2ccccc2c1C(=O)[C@@H](C)N[C@@H](c1ccccc1)c1ccco1. The number of aryl methyl sites for hydroxylation is 1. The quantitative estimate of drug-likeness (QED) is 0.476. The summed E-state index contributed by atoms with van der Waals surface area (Å²) in [6.07, 6.45) is 1.66. The van der Waals surface area contributed by atoms with Crippen LogP contribution in [-0.4, -0.2) is 16.8 Å². The van der Waals surface area contributed by atoms with Gasteiger partial charge in [-0.05, 0) is 37.6 Å². The Kier molecular flexibility index (Phi) is 4.65. The van der Waals surface area contributed by atoms with Crippen molar-refractivity contribution in [1.29, 1.82) is 0 Å². The fraction of sp³-hybridized carbons (Fsp3) is 0.174. The van der Waals surface area contributed by atoms with Gasteiger partial charge < -0.3 is 9.40 Å². The zero-order chi connectivity index (χ0) is 18.8. The fourth-order valence-electron chi connectivity index (χ4n) is 3.58. The summed E-state index contributed by atoms with van der Waals surface area (Å²) in [7, 11) is 0. The molecule has 2 aromatic heterocycles. The highest BCUT2D eigenvalue weighted by Crippen LogP contribution is 2.26. The van der Waals surface area contributed by atoms with Crippen molar-refractivity contribution in [2.75, 3.05) is 0 Å². The third-order valence-electron chi connectivity index (χ3n) is 4.91. The van der Waals surface area contributed by atoms with Gasteiger partial charge in [-0.15, -0.1) is 0 Å². The Balaban J connectivity index is 1.66. The van der Waals surface area contributed by atoms with Crippen LogP contribution >= 0.6 is 0 Å². The first-order valence-corrected chi connectivity index (χ1v) is 9.11. The summed E-state index contributed by atoms with van der Waals surface area (Å²) < 4.78 is 5.64. The largest absolute Gasteiger partial charge is 0.467 e. The maximum atomic E-state index is 13.3. The molecule has 0 aliphatic carbocycles. The summed E-state index contributed by atoms with van der Waals surface area (Å²) in [5, 5.41) is 4.42. The Morgan fingerprint density at radius 3 is 2.48 bits per heavy atom. The van der Waals surface area contributed by atoms with Crippen molar-refractivity contribution in [2.45, 2.75) is 25.9 Å². The van der Waals surface area contributed by atoms with E-state index in [9.17, 15) is 4.79 Å². The highest BCUT2D eigenvalue weighted by molar-refractivity contribution is 6.11. The number of fused-ring (bicyclic) bond motifs is 1. The second-order valence-corrected chi connectivity index (χ2v) is 6.78. The summed E-state index contributed by atoms with van der Waals surface area (Å²) in [6.45, 7) is 3.85. The average molecular weight is 358 g/mol. The zero-order valence-corrected chi connectivity index (χ0v) is 15.4. The van der Waals surface area contributed by atoms with E-state index in [1.54, 1.807) is 6.26 Å². The number of aromatic amines is 1. The van der Waals surface area contributed by atoms with E-state index < -0.39 is 0 Å². The van der Waals surface area contributed by atoms with Crippen molar-refractivity contribution in [3.8, 4) is 0 Å². The van der Waals surface area contributed by atoms with Gasteiger partial charge in [0, 0.05) is 22.2 Å². The van der Waals surface area contributed by atoms with Gasteiger partial charge in [0.1, 0.15) is 5.76 Å². The van der Waals surface area contributed by atoms with Crippen molar-refractivity contribution in [1.82, 2.24) is 10.3 Å². The van der Waals surface area contributed by atoms with Crippen LogP contribution in [0.4, 0.5) is 0 Å². The number of H-pyrrole nitrogens is 1. The highest BCUT2D eigenvalue weighted by Gasteiger charge is 2.26. The van der Waals surface area contributed by atoms with E-state index in [-0.39, 0.29) is 17.9 Å². The van der Waals surface area contributed by atoms with E-state index in [0.717, 1.165) is 33.5 Å². The molecule has 136 valence electrons. The van der Waals surface area contributed by atoms with Gasteiger partial charge in [0.2, 0.25) is 0 Å². The highest BCUT2D eigenvalue weighted by atomic mass is 16.3. The number of furan rings is 1. The molecule has 0 bridgehead atoms. The summed E-state index contributed by atoms with van der Waals surface area (Å²) in [5.41, 5.74) is 3.68. The zero-order valence-electron chi connectivity index (χ0n) is 15.4. The van der Waals surface area contributed by atoms with Crippen LogP contribution in [0.15, 0.2) is 77.4 Å². The first kappa shape index (κ1) is 17.3. The molecule has 4 nitrogen and oxygen atoms in total. The molecule has 0 amide bonds. The average Bonchev–Trinajstić information content (AvgIpc) is 3.33. The van der Waals surface area contributed by atoms with E-state index in [1.807, 2.05) is 80.6 Å². The topological polar surface area (TPSA) is 58.0 Å². The maximum Gasteiger partial charge on any atom is 0.181 e. The standard InChI is InChI=1S/C23H22N2O2/c1-15-21(18-11-6-7-12-19(18)24-15)23(26)16(2)25-22(20-13-8-14-27-20)17-9-4-3-5-10-17/h3-14,16,22,24-25H,1-2H3/t16-,22+/m1/s1. The monoisotopic (exact) mass is 358 g/mol. The lowest BCUT2D eigenvalue weighted by Gasteiger charge is -2.22. The molecule has 0 spiro atoms. The lowest BCUT2D eigenvalue weighted by Crippen LogP contribution is -2.37. The number of benzene rings is 2. The third-order valence-corrected chi connectivity index (χ3v) is 4.91. The first-order chi connectivity index (χ1) is 13.1. The Morgan fingerprint density at radius 1 is 1.00 bits per heavy atom. The number of aromatic nitrogens is 1. The Morgan fingerprint density at radius 2 is 1.74 bits per heavy atom. The van der Waals surface area contributed by atoms with Gasteiger partial charge in [0.05, 0.1) is 18.3 Å². The predicted octanol–water partition coefficient (Wildman–Crippen LogP) is 5.02. The molecule has 27 heavy (non-hydrogen) atoms. The number of para-hydroxylation sites is 1. The van der Waals surface area contributed by atoms with Gasteiger partial charge in [-0.2, -0.15) is 0 Å². The Bertz CT molecular complexity index is 1050. The smallest absolute Gasteiger partial charge is 0.181 e. The van der Waals surface area contributed by atoms with Crippen LogP contribution in [0.25, 0.3) is 10.9 Å². The molecule has 2 N–H and O–H groups in total. The van der Waals surface area contributed by atoms with Gasteiger partial charge in [-0.3, -0.25) is 10.1 Å². The summed E-state index contributed by atoms with van der Waals surface area (Å²) in [4.78, 5) is 16.6. The van der Waals surface area contributed by atoms with Crippen LogP contribution in [-0.2, 0) is 0 Å². The minimum Gasteiger partial charge on any atom is -0.467 e. The molecule has 0 radical (unpaired) electrons. The number of ketones is 1. The van der Waals surface area contributed by atoms with Gasteiger partial charge in [-0.25, -0.2) is 0 Å². The number of nitrogens with one attached hydrogen (secondary N) is 2. The molecule has 0 saturated carbocycles. The molecule has 0 aliphatic rings. The molecule has 0 aliphatic heterocycles. The van der Waals surface area contributed by atoms with Crippen molar-refractivity contribution >= 4 is 16.7 Å². The van der Waals surface area contributed by atoms with Gasteiger partial charge in [-0.1, -0.05) is 48.5 Å². The number of hydrogen-bond acceptors (Lipinski definition) is 3. The molecule has 0 unspecified atom stereocenters. The van der Waals surface area contributed by atoms with E-state index in [4.69, 9.17) is 4.42 Å². The normalized spacial score (nSPS) is 13.6. The van der Waals surface area contributed by atoms with Gasteiger partial charge in [0.25, 0.3) is 0 Å². The van der Waals surface area contributed by atoms with Gasteiger partial charge >= 0.3 is 0 Å². The first-order valence-electron chi connectivity index (χ1n) is 9.11. The van der Waals surface area contributed by atoms with Crippen molar-refractivity contribution in [3.05, 3.63) is 95.6 Å². The molecule has 0 fully saturated rings. The molecule has 4 rings (SSSR count). The number of carbonyl (C=O) groups is 1. The molecule has 0 saturated heterocycles. The molecule has 2 atom stereocenters. The summed E-state index contributed by atoms with van der Waals surface area (Å²) in [6, 6.07) is 21.2. The Labute approximate surface area is 158 Å². The maximum absolute atomic E-state index is 13.3. The number of rotatable bonds is 6. The van der Waals surface area contributed by atoms with Crippen LogP contribution in [0.1, 0.15) is 40.3 Å². The van der Waals surface area contributed by atoms with Crippen LogP contribution in [0.5, 0.6) is 0 Å². The van der Waals surface area contributed by atoms with Crippen molar-refractivity contribution < 1.29 is 9.21 Å². The fourth-order valence-corrected chi connectivity index (χ4v) is 3.58. The van der Waals surface area contributed by atoms with E-state index in [1.165, 1.54) is 0 Å². The van der Waals surface area contributed by atoms with Crippen LogP contribution in [0.3, 0.4) is 0 Å². The molecule has 2 heterocycles. The second-order valence-electron chi connectivity index (χ2n) is 6.78. The van der Waals surface area contributed by atoms with Crippen molar-refractivity contribution in [3.63, 3.8) is 0 Å². The van der Waals surface area contributed by atoms with E-state index in [2.05, 4.69) is 10.3 Å². The van der Waals surface area contributed by atoms with E-state index in [0.29, 0.717) is 0 Å². The molecular formula is C23H22N2O2. The van der Waals surface area contributed by atoms with E-state index >= 15 is 0 Å². The molecular weight excluding hydrogens is 336 g/mol. The minimum absolute atomic E-state index is 0.0671. The lowest BCUT2D eigenvalue weighted by atomic mass is 9.99. The van der Waals surface area contributed by atoms with Gasteiger partial charge in [0.15, 0.2) is 5.78 Å². The molecule has 2 aromatic carbocycles. The number of carbonyl (C=O) groups excluding carboxylic acids is 1. The Hall–Kier alpha value is -3.11. The predicted molar refractivity (Wildman–Crippen MR) is 107 cm³/mol. The minimum atomic E-state index is -0.377. The number of Topliss-reactive ketones (excluding diaryl/α,β-unsaturated/α-hetero) is 1. The summed E-state index contributed by atoms with van der Waals surface area (Å²) in [5.74, 6) is 0.855. The van der Waals surface area contributed by atoms with Crippen LogP contribution in [0, 0.1) is 6.92 Å². The number of hydrogen-bond donors (Lipinski definition) is 2. The van der Waals surface area contributed by atoms with Crippen LogP contribution < -0.4 is 5.32 Å². The van der Waals surface area contributed by atoms with Crippen molar-refractivity contribution in [2.24, 2.45) is 0 Å². The third kappa shape index (κ3) is 3.32. The summed E-state index contributed by atoms with van der Waals surface area (Å²) >= 11 is 0. The second kappa shape index (κ2) is 7.25. The molecule has 4 aromatic rings.